The molecule has 2 heterocycles. The maximum atomic E-state index is 6.15. The van der Waals surface area contributed by atoms with Crippen LogP contribution in [0.3, 0.4) is 0 Å². The van der Waals surface area contributed by atoms with E-state index in [2.05, 4.69) is 0 Å². The van der Waals surface area contributed by atoms with Gasteiger partial charge in [-0.15, -0.1) is 0 Å². The monoisotopic (exact) mass is 322 g/mol. The number of benzene rings is 1. The van der Waals surface area contributed by atoms with Crippen molar-refractivity contribution in [2.45, 2.75) is 70.3 Å². The summed E-state index contributed by atoms with van der Waals surface area (Å²) in [6.45, 7) is 8.38. The molecule has 0 N–H and O–H groups in total. The largest absolute Gasteiger partial charge is 0.368 e. The molecule has 128 valence electrons. The van der Waals surface area contributed by atoms with Crippen LogP contribution in [0.15, 0.2) is 30.3 Å². The lowest BCUT2D eigenvalue weighted by Gasteiger charge is -2.34. The Morgan fingerprint density at radius 1 is 1.09 bits per heavy atom. The minimum Gasteiger partial charge on any atom is -0.368 e. The lowest BCUT2D eigenvalue weighted by atomic mass is 9.95. The van der Waals surface area contributed by atoms with E-state index in [1.54, 1.807) is 7.11 Å². The number of rotatable bonds is 5. The van der Waals surface area contributed by atoms with Crippen LogP contribution < -0.4 is 0 Å². The van der Waals surface area contributed by atoms with Gasteiger partial charge in [0.15, 0.2) is 12.1 Å². The molecule has 0 aromatic heterocycles. The third-order valence-corrected chi connectivity index (χ3v) is 4.38. The van der Waals surface area contributed by atoms with E-state index in [1.807, 2.05) is 58.0 Å². The molecule has 3 rings (SSSR count). The van der Waals surface area contributed by atoms with Crippen LogP contribution in [-0.2, 0) is 30.3 Å². The van der Waals surface area contributed by atoms with Gasteiger partial charge in [0, 0.05) is 7.11 Å². The molecule has 2 saturated heterocycles. The van der Waals surface area contributed by atoms with Gasteiger partial charge in [-0.3, -0.25) is 0 Å². The maximum absolute atomic E-state index is 6.15. The summed E-state index contributed by atoms with van der Waals surface area (Å²) in [5.41, 5.74) is 0.595. The Labute approximate surface area is 137 Å². The summed E-state index contributed by atoms with van der Waals surface area (Å²) < 4.78 is 29.6. The van der Waals surface area contributed by atoms with Crippen LogP contribution in [0.5, 0.6) is 0 Å². The molecule has 5 heteroatoms. The van der Waals surface area contributed by atoms with Gasteiger partial charge in [-0.1, -0.05) is 30.3 Å². The van der Waals surface area contributed by atoms with Gasteiger partial charge in [0.1, 0.15) is 18.3 Å². The molecule has 5 nitrogen and oxygen atoms in total. The predicted octanol–water partition coefficient (Wildman–Crippen LogP) is 2.87. The Hall–Kier alpha value is -0.980. The minimum absolute atomic E-state index is 0.208. The van der Waals surface area contributed by atoms with Gasteiger partial charge in [0.05, 0.1) is 12.2 Å². The fourth-order valence-corrected chi connectivity index (χ4v) is 3.24. The van der Waals surface area contributed by atoms with E-state index in [-0.39, 0.29) is 18.3 Å². The molecular formula is C18H26O5. The summed E-state index contributed by atoms with van der Waals surface area (Å²) in [4.78, 5) is 0. The van der Waals surface area contributed by atoms with Crippen LogP contribution in [0, 0.1) is 0 Å². The molecule has 0 bridgehead atoms. The highest BCUT2D eigenvalue weighted by Crippen LogP contribution is 2.43. The number of methoxy groups -OCH3 is 1. The second kappa shape index (κ2) is 6.15. The van der Waals surface area contributed by atoms with Crippen molar-refractivity contribution in [1.82, 2.24) is 0 Å². The zero-order chi connectivity index (χ0) is 16.7. The van der Waals surface area contributed by atoms with Crippen molar-refractivity contribution in [1.29, 1.82) is 0 Å². The minimum atomic E-state index is -0.635. The Morgan fingerprint density at radius 2 is 1.74 bits per heavy atom. The van der Waals surface area contributed by atoms with Crippen molar-refractivity contribution >= 4 is 0 Å². The fraction of sp³-hybridized carbons (Fsp3) is 0.667. The van der Waals surface area contributed by atoms with E-state index >= 15 is 0 Å². The van der Waals surface area contributed by atoms with Crippen molar-refractivity contribution < 1.29 is 23.7 Å². The summed E-state index contributed by atoms with van der Waals surface area (Å²) in [5.74, 6) is -0.635. The molecule has 2 aliphatic rings. The molecule has 2 aliphatic heterocycles. The van der Waals surface area contributed by atoms with Crippen LogP contribution in [0.2, 0.25) is 0 Å². The molecule has 1 unspecified atom stereocenters. The Balaban J connectivity index is 1.71. The Morgan fingerprint density at radius 3 is 2.39 bits per heavy atom. The van der Waals surface area contributed by atoms with E-state index in [9.17, 15) is 0 Å². The second-order valence-electron chi connectivity index (χ2n) is 7.10. The average Bonchev–Trinajstić information content (AvgIpc) is 2.99. The average molecular weight is 322 g/mol. The van der Waals surface area contributed by atoms with Crippen LogP contribution in [0.25, 0.3) is 0 Å². The second-order valence-corrected chi connectivity index (χ2v) is 7.10. The highest BCUT2D eigenvalue weighted by molar-refractivity contribution is 5.13. The van der Waals surface area contributed by atoms with Crippen molar-refractivity contribution in [2.24, 2.45) is 0 Å². The quantitative estimate of drug-likeness (QED) is 0.834. The summed E-state index contributed by atoms with van der Waals surface area (Å²) in [6.07, 6.45) is -1.14. The number of hydrogen-bond acceptors (Lipinski definition) is 5. The van der Waals surface area contributed by atoms with Gasteiger partial charge in [0.2, 0.25) is 0 Å². The molecule has 4 atom stereocenters. The van der Waals surface area contributed by atoms with E-state index in [0.717, 1.165) is 5.56 Å². The van der Waals surface area contributed by atoms with E-state index in [0.29, 0.717) is 6.61 Å². The molecule has 0 saturated carbocycles. The van der Waals surface area contributed by atoms with Gasteiger partial charge in [-0.05, 0) is 33.3 Å². The molecule has 0 spiro atoms. The van der Waals surface area contributed by atoms with Crippen molar-refractivity contribution in [3.05, 3.63) is 35.9 Å². The Bertz CT molecular complexity index is 527. The number of hydrogen-bond donors (Lipinski definition) is 0. The van der Waals surface area contributed by atoms with Gasteiger partial charge < -0.3 is 23.7 Å². The third-order valence-electron chi connectivity index (χ3n) is 4.38. The van der Waals surface area contributed by atoms with Crippen LogP contribution in [0.1, 0.15) is 33.3 Å². The third kappa shape index (κ3) is 3.44. The first kappa shape index (κ1) is 16.9. The Kier molecular flexibility index (Phi) is 4.51. The summed E-state index contributed by atoms with van der Waals surface area (Å²) >= 11 is 0. The standard InChI is InChI=1S/C18H26O5/c1-17(2,20-11-12-9-7-6-8-10-12)15-13-14(16(19-5)21-15)23-18(3,4)22-13/h6-10,13-16H,11H2,1-5H3/t13-,14+,15-,16?/m0/s1. The zero-order valence-electron chi connectivity index (χ0n) is 14.4. The normalized spacial score (nSPS) is 32.9. The highest BCUT2D eigenvalue weighted by atomic mass is 16.8. The topological polar surface area (TPSA) is 46.2 Å². The van der Waals surface area contributed by atoms with Crippen molar-refractivity contribution in [2.75, 3.05) is 7.11 Å². The molecule has 1 aromatic carbocycles. The summed E-state index contributed by atoms with van der Waals surface area (Å²) in [5, 5.41) is 0. The molecule has 23 heavy (non-hydrogen) atoms. The molecule has 0 amide bonds. The molecular weight excluding hydrogens is 296 g/mol. The van der Waals surface area contributed by atoms with Crippen molar-refractivity contribution in [3.63, 3.8) is 0 Å². The van der Waals surface area contributed by atoms with E-state index < -0.39 is 17.7 Å². The van der Waals surface area contributed by atoms with Crippen LogP contribution in [-0.4, -0.2) is 43.1 Å². The molecule has 0 radical (unpaired) electrons. The zero-order valence-corrected chi connectivity index (χ0v) is 14.4. The highest BCUT2D eigenvalue weighted by Gasteiger charge is 2.59. The fourth-order valence-electron chi connectivity index (χ4n) is 3.24. The first-order valence-corrected chi connectivity index (χ1v) is 8.04. The molecule has 0 aliphatic carbocycles. The van der Waals surface area contributed by atoms with Gasteiger partial charge in [-0.25, -0.2) is 0 Å². The lowest BCUT2D eigenvalue weighted by molar-refractivity contribution is -0.252. The van der Waals surface area contributed by atoms with E-state index in [1.165, 1.54) is 0 Å². The summed E-state index contributed by atoms with van der Waals surface area (Å²) in [6, 6.07) is 10.1. The van der Waals surface area contributed by atoms with Gasteiger partial charge in [-0.2, -0.15) is 0 Å². The first-order chi connectivity index (χ1) is 10.8. The van der Waals surface area contributed by atoms with Crippen molar-refractivity contribution in [3.8, 4) is 0 Å². The predicted molar refractivity (Wildman–Crippen MR) is 84.8 cm³/mol. The van der Waals surface area contributed by atoms with E-state index in [4.69, 9.17) is 23.7 Å². The first-order valence-electron chi connectivity index (χ1n) is 8.04. The number of ether oxygens (including phenoxy) is 5. The number of fused-ring (bicyclic) bond motifs is 1. The maximum Gasteiger partial charge on any atom is 0.186 e. The molecule has 2 fully saturated rings. The lowest BCUT2D eigenvalue weighted by Crippen LogP contribution is -2.47. The SMILES string of the molecule is COC1O[C@H](C(C)(C)OCc2ccccc2)[C@H]2OC(C)(C)O[C@@H]12. The van der Waals surface area contributed by atoms with Gasteiger partial charge >= 0.3 is 0 Å². The van der Waals surface area contributed by atoms with Gasteiger partial charge in [0.25, 0.3) is 0 Å². The smallest absolute Gasteiger partial charge is 0.186 e. The summed E-state index contributed by atoms with van der Waals surface area (Å²) in [7, 11) is 1.62. The molecule has 1 aromatic rings. The van der Waals surface area contributed by atoms with Crippen LogP contribution >= 0.6 is 0 Å². The van der Waals surface area contributed by atoms with Crippen LogP contribution in [0.4, 0.5) is 0 Å².